The average molecular weight is 271 g/mol. The molecule has 0 amide bonds. The van der Waals surface area contributed by atoms with Crippen molar-refractivity contribution in [1.82, 2.24) is 5.32 Å². The van der Waals surface area contributed by atoms with Gasteiger partial charge in [-0.1, -0.05) is 56.3 Å². The van der Waals surface area contributed by atoms with E-state index in [2.05, 4.69) is 23.5 Å². The Balaban J connectivity index is 2.13. The second-order valence-corrected chi connectivity index (χ2v) is 5.54. The summed E-state index contributed by atoms with van der Waals surface area (Å²) in [6.07, 6.45) is 0.639. The maximum atomic E-state index is 11.3. The molecule has 0 aromatic heterocycles. The highest BCUT2D eigenvalue weighted by molar-refractivity contribution is 5.85. The summed E-state index contributed by atoms with van der Waals surface area (Å²) in [5.74, 6) is -0.421. The zero-order valence-corrected chi connectivity index (χ0v) is 12.0. The van der Waals surface area contributed by atoms with Crippen molar-refractivity contribution < 1.29 is 9.90 Å². The Morgan fingerprint density at radius 3 is 2.55 bits per heavy atom. The normalized spacial score (nSPS) is 12.8. The number of nitrogens with one attached hydrogen (secondary N) is 1. The van der Waals surface area contributed by atoms with Gasteiger partial charge in [0.2, 0.25) is 0 Å². The van der Waals surface area contributed by atoms with Gasteiger partial charge in [0, 0.05) is 6.54 Å². The Bertz CT molecular complexity index is 587. The number of carbonyl (C=O) groups is 1. The van der Waals surface area contributed by atoms with E-state index in [0.29, 0.717) is 18.9 Å². The summed E-state index contributed by atoms with van der Waals surface area (Å²) in [6.45, 7) is 4.65. The fourth-order valence-electron chi connectivity index (χ4n) is 2.42. The summed E-state index contributed by atoms with van der Waals surface area (Å²) in [5, 5.41) is 14.8. The smallest absolute Gasteiger partial charge is 0.320 e. The van der Waals surface area contributed by atoms with E-state index in [1.54, 1.807) is 0 Å². The molecule has 0 saturated carbocycles. The minimum absolute atomic E-state index is 0.358. The van der Waals surface area contributed by atoms with Crippen molar-refractivity contribution in [2.24, 2.45) is 5.92 Å². The maximum absolute atomic E-state index is 11.3. The molecular weight excluding hydrogens is 250 g/mol. The fourth-order valence-corrected chi connectivity index (χ4v) is 2.42. The summed E-state index contributed by atoms with van der Waals surface area (Å²) in [6, 6.07) is 13.8. The minimum atomic E-state index is -0.779. The van der Waals surface area contributed by atoms with Crippen LogP contribution in [-0.4, -0.2) is 17.1 Å². The fraction of sp³-hybridized carbons (Fsp3) is 0.353. The second kappa shape index (κ2) is 6.53. The number of carboxylic acids is 1. The van der Waals surface area contributed by atoms with Crippen molar-refractivity contribution in [3.63, 3.8) is 0 Å². The summed E-state index contributed by atoms with van der Waals surface area (Å²) in [7, 11) is 0. The van der Waals surface area contributed by atoms with E-state index in [0.717, 1.165) is 5.56 Å². The third-order valence-electron chi connectivity index (χ3n) is 3.42. The Morgan fingerprint density at radius 1 is 1.15 bits per heavy atom. The molecule has 2 N–H and O–H groups in total. The number of fused-ring (bicyclic) bond motifs is 1. The standard InChI is InChI=1S/C17H21NO2/c1-12(2)10-16(17(19)20)18-11-14-8-5-7-13-6-3-4-9-15(13)14/h3-9,12,16,18H,10-11H2,1-2H3,(H,19,20)/t16-/m0/s1. The van der Waals surface area contributed by atoms with Gasteiger partial charge in [0.15, 0.2) is 0 Å². The molecule has 0 aliphatic heterocycles. The predicted molar refractivity (Wildman–Crippen MR) is 81.7 cm³/mol. The van der Waals surface area contributed by atoms with Crippen molar-refractivity contribution in [3.05, 3.63) is 48.0 Å². The lowest BCUT2D eigenvalue weighted by Gasteiger charge is -2.17. The van der Waals surface area contributed by atoms with Crippen LogP contribution in [0, 0.1) is 5.92 Å². The lowest BCUT2D eigenvalue weighted by molar-refractivity contribution is -0.140. The first kappa shape index (κ1) is 14.5. The van der Waals surface area contributed by atoms with Crippen molar-refractivity contribution in [3.8, 4) is 0 Å². The molecular formula is C17H21NO2. The molecule has 0 saturated heterocycles. The van der Waals surface area contributed by atoms with Crippen molar-refractivity contribution in [1.29, 1.82) is 0 Å². The molecule has 3 nitrogen and oxygen atoms in total. The zero-order chi connectivity index (χ0) is 14.5. The van der Waals surface area contributed by atoms with Gasteiger partial charge in [-0.05, 0) is 28.7 Å². The lowest BCUT2D eigenvalue weighted by atomic mass is 10.0. The highest BCUT2D eigenvalue weighted by Crippen LogP contribution is 2.18. The number of aliphatic carboxylic acids is 1. The van der Waals surface area contributed by atoms with Gasteiger partial charge in [-0.15, -0.1) is 0 Å². The molecule has 0 radical (unpaired) electrons. The van der Waals surface area contributed by atoms with Crippen LogP contribution < -0.4 is 5.32 Å². The molecule has 0 aliphatic rings. The van der Waals surface area contributed by atoms with E-state index in [9.17, 15) is 9.90 Å². The highest BCUT2D eigenvalue weighted by Gasteiger charge is 2.18. The molecule has 3 heteroatoms. The van der Waals surface area contributed by atoms with E-state index in [-0.39, 0.29) is 0 Å². The van der Waals surface area contributed by atoms with Crippen LogP contribution in [0.5, 0.6) is 0 Å². The summed E-state index contributed by atoms with van der Waals surface area (Å²) in [4.78, 5) is 11.3. The van der Waals surface area contributed by atoms with Crippen LogP contribution in [0.2, 0.25) is 0 Å². The first-order valence-electron chi connectivity index (χ1n) is 7.00. The molecule has 2 aromatic rings. The summed E-state index contributed by atoms with van der Waals surface area (Å²) >= 11 is 0. The van der Waals surface area contributed by atoms with E-state index < -0.39 is 12.0 Å². The molecule has 2 rings (SSSR count). The van der Waals surface area contributed by atoms with Crippen LogP contribution in [0.4, 0.5) is 0 Å². The van der Waals surface area contributed by atoms with Crippen molar-refractivity contribution in [2.75, 3.05) is 0 Å². The zero-order valence-electron chi connectivity index (χ0n) is 12.0. The van der Waals surface area contributed by atoms with E-state index >= 15 is 0 Å². The molecule has 1 atom stereocenters. The number of carboxylic acid groups (broad SMARTS) is 1. The van der Waals surface area contributed by atoms with Crippen molar-refractivity contribution in [2.45, 2.75) is 32.9 Å². The van der Waals surface area contributed by atoms with E-state index in [1.807, 2.05) is 38.1 Å². The van der Waals surface area contributed by atoms with Gasteiger partial charge < -0.3 is 10.4 Å². The van der Waals surface area contributed by atoms with Gasteiger partial charge in [-0.2, -0.15) is 0 Å². The third kappa shape index (κ3) is 3.58. The Morgan fingerprint density at radius 2 is 1.85 bits per heavy atom. The molecule has 0 bridgehead atoms. The van der Waals surface area contributed by atoms with Crippen molar-refractivity contribution >= 4 is 16.7 Å². The van der Waals surface area contributed by atoms with Crippen LogP contribution in [0.15, 0.2) is 42.5 Å². The Hall–Kier alpha value is -1.87. The molecule has 0 aliphatic carbocycles. The lowest BCUT2D eigenvalue weighted by Crippen LogP contribution is -2.37. The minimum Gasteiger partial charge on any atom is -0.480 e. The number of rotatable bonds is 6. The van der Waals surface area contributed by atoms with Gasteiger partial charge in [-0.3, -0.25) is 4.79 Å². The third-order valence-corrected chi connectivity index (χ3v) is 3.42. The van der Waals surface area contributed by atoms with Crippen LogP contribution in [0.3, 0.4) is 0 Å². The van der Waals surface area contributed by atoms with E-state index in [4.69, 9.17) is 0 Å². The largest absolute Gasteiger partial charge is 0.480 e. The van der Waals surface area contributed by atoms with E-state index in [1.165, 1.54) is 10.8 Å². The van der Waals surface area contributed by atoms with Gasteiger partial charge in [0.05, 0.1) is 0 Å². The number of hydrogen-bond acceptors (Lipinski definition) is 2. The molecule has 20 heavy (non-hydrogen) atoms. The number of hydrogen-bond donors (Lipinski definition) is 2. The van der Waals surface area contributed by atoms with Gasteiger partial charge in [0.25, 0.3) is 0 Å². The highest BCUT2D eigenvalue weighted by atomic mass is 16.4. The summed E-state index contributed by atoms with van der Waals surface area (Å²) in [5.41, 5.74) is 1.14. The number of benzene rings is 2. The molecule has 2 aromatic carbocycles. The first-order valence-corrected chi connectivity index (χ1v) is 7.00. The molecule has 0 unspecified atom stereocenters. The quantitative estimate of drug-likeness (QED) is 0.846. The molecule has 0 spiro atoms. The second-order valence-electron chi connectivity index (χ2n) is 5.54. The topological polar surface area (TPSA) is 49.3 Å². The first-order chi connectivity index (χ1) is 9.58. The monoisotopic (exact) mass is 271 g/mol. The van der Waals surface area contributed by atoms with Gasteiger partial charge >= 0.3 is 5.97 Å². The average Bonchev–Trinajstić information content (AvgIpc) is 2.42. The maximum Gasteiger partial charge on any atom is 0.320 e. The summed E-state index contributed by atoms with van der Waals surface area (Å²) < 4.78 is 0. The van der Waals surface area contributed by atoms with Gasteiger partial charge in [0.1, 0.15) is 6.04 Å². The van der Waals surface area contributed by atoms with Crippen LogP contribution in [0.1, 0.15) is 25.8 Å². The Labute approximate surface area is 119 Å². The van der Waals surface area contributed by atoms with Crippen LogP contribution in [-0.2, 0) is 11.3 Å². The van der Waals surface area contributed by atoms with Crippen LogP contribution in [0.25, 0.3) is 10.8 Å². The molecule has 0 fully saturated rings. The molecule has 106 valence electrons. The van der Waals surface area contributed by atoms with Crippen LogP contribution >= 0.6 is 0 Å². The van der Waals surface area contributed by atoms with Gasteiger partial charge in [-0.25, -0.2) is 0 Å². The molecule has 0 heterocycles. The SMILES string of the molecule is CC(C)C[C@H](NCc1cccc2ccccc12)C(=O)O. The predicted octanol–water partition coefficient (Wildman–Crippen LogP) is 3.43. The Kier molecular flexibility index (Phi) is 4.74.